The van der Waals surface area contributed by atoms with Crippen LogP contribution in [0.1, 0.15) is 224 Å². The number of aryl methyl sites for hydroxylation is 4. The molecule has 8 aliphatic heterocycles. The fourth-order valence-electron chi connectivity index (χ4n) is 22.9. The number of pyridine rings is 8. The Hall–Kier alpha value is -10.3. The second-order valence-electron chi connectivity index (χ2n) is 38.8. The Morgan fingerprint density at radius 3 is 1.18 bits per heavy atom. The maximum Gasteiger partial charge on any atom is 0.401 e. The molecule has 0 spiro atoms. The number of aliphatic hydroxyl groups is 1. The van der Waals surface area contributed by atoms with E-state index in [1.165, 1.54) is 37.7 Å². The Kier molecular flexibility index (Phi) is 30.7. The lowest BCUT2D eigenvalue weighted by molar-refractivity contribution is -0.149. The minimum Gasteiger partial charge on any atom is -0.390 e. The van der Waals surface area contributed by atoms with Gasteiger partial charge in [-0.2, -0.15) is 43.9 Å². The average Bonchev–Trinajstić information content (AvgIpc) is 1.61. The molecule has 20 rings (SSSR count). The molecule has 24 nitrogen and oxygen atoms in total. The van der Waals surface area contributed by atoms with Gasteiger partial charge in [-0.15, -0.1) is 0 Å². The Morgan fingerprint density at radius 1 is 0.350 bits per heavy atom. The van der Waals surface area contributed by atoms with Gasteiger partial charge >= 0.3 is 18.5 Å². The molecule has 20 heterocycles. The Bertz CT molecular complexity index is 6020. The molecular weight excluding hydrogens is 1770 g/mol. The van der Waals surface area contributed by atoms with Gasteiger partial charge in [0.25, 0.3) is 0 Å². The van der Waals surface area contributed by atoms with Crippen LogP contribution in [-0.2, 0) is 13.0 Å². The number of likely N-dealkylation sites (N-methyl/N-ethyl adjacent to an activating group) is 1. The molecular formula is C103H131F10N23O. The number of aliphatic hydroxyl groups excluding tert-OH is 1. The molecule has 137 heavy (non-hydrogen) atoms. The van der Waals surface area contributed by atoms with Crippen molar-refractivity contribution in [2.75, 3.05) is 161 Å². The predicted molar refractivity (Wildman–Crippen MR) is 514 cm³/mol. The summed E-state index contributed by atoms with van der Waals surface area (Å²) in [6.45, 7) is 17.2. The number of halogens is 10. The average molecular weight is 1900 g/mol. The van der Waals surface area contributed by atoms with Crippen molar-refractivity contribution >= 4 is 40.0 Å². The molecule has 34 heteroatoms. The summed E-state index contributed by atoms with van der Waals surface area (Å²) in [6, 6.07) is 41.4. The van der Waals surface area contributed by atoms with Gasteiger partial charge in [-0.3, -0.25) is 67.4 Å². The number of nitrogens with zero attached hydrogens (tertiary/aromatic N) is 23. The van der Waals surface area contributed by atoms with Crippen LogP contribution in [0.3, 0.4) is 0 Å². The van der Waals surface area contributed by atoms with Gasteiger partial charge in [0.2, 0.25) is 5.95 Å². The van der Waals surface area contributed by atoms with Gasteiger partial charge in [0, 0.05) is 121 Å². The highest BCUT2D eigenvalue weighted by molar-refractivity contribution is 5.58. The molecule has 0 aliphatic carbocycles. The van der Waals surface area contributed by atoms with E-state index in [2.05, 4.69) is 157 Å². The summed E-state index contributed by atoms with van der Waals surface area (Å²) in [7, 11) is 8.51. The van der Waals surface area contributed by atoms with Crippen LogP contribution in [0.15, 0.2) is 159 Å². The molecule has 0 bridgehead atoms. The van der Waals surface area contributed by atoms with Crippen LogP contribution >= 0.6 is 0 Å². The van der Waals surface area contributed by atoms with Gasteiger partial charge in [0.05, 0.1) is 120 Å². The number of fused-ring (bicyclic) bond motifs is 4. The highest BCUT2D eigenvalue weighted by Crippen LogP contribution is 2.48. The first-order chi connectivity index (χ1) is 65.9. The zero-order valence-electron chi connectivity index (χ0n) is 80.3. The number of likely N-dealkylation sites (tertiary alicyclic amines) is 5. The van der Waals surface area contributed by atoms with E-state index in [0.29, 0.717) is 82.7 Å². The standard InChI is InChI=1S/C27H34F3N5.C26H33F3N6O.C26H33F3N6.C24H31FN6/c1-19-7-6-13-31-25(19)21-8-5-9-22(33(21)2)26-23(35-14-4-3-10-24(35)32-26)17-20-11-15-34(16-12-20)18-27(28,29)30;1-18-6-5-11-30-24(18)19-7-3-8-20(32(19)2)25-21(16-36)35-22(31-25)9-4-10-23(35)34-14-12-33(13-15-34)17-26(27,28)29;1-3-34-21(8-4-9-22(34)25-19(2)7-6-12-30-25)20-17-35-23(31-20)10-5-11-24(35)33-15-13-32(14-16-33)18-26(27,28)29;1-17-7-6-12-26-22(17)18-8-4-9-19(29(18)3)23-24(25)31-20(27-23)10-5-11-21(31)30-15-13-28(2)14-16-30/h3-4,6-7,10,13-14,20-22H,5,8-9,11-12,15-18H2,1-2H3;4-6,9-11,19-20,36H,3,7-8,12-17H2,1-2H3;5-7,10-12,17,21-22H,3-4,8-9,13-16,18H2,1-2H3;5-7,10-12,18-19H,4,8-9,13-16H2,1-3H3/t21-,22+;19-,20+;21-,22+;18-,19+/m0010/s1. The fraction of sp³-hybridized carbons (Fsp3) is 0.534. The summed E-state index contributed by atoms with van der Waals surface area (Å²) in [5, 5.41) is 10.5. The maximum atomic E-state index is 15.9. The van der Waals surface area contributed by atoms with Crippen molar-refractivity contribution in [2.45, 2.75) is 204 Å². The summed E-state index contributed by atoms with van der Waals surface area (Å²) >= 11 is 0. The SMILES string of the molecule is CCN1[C@@H](c2cn3c(N4CCN(CC(F)(F)F)CC4)cccc3n2)CCC[C@H]1c1ncccc1C.Cc1cccnc1[C@@H]1CCC[C@H](c2nc3cccc(N4CCN(C)CC4)n3c2F)N1C.Cc1cccnc1[C@@H]1CCC[C@H](c2nc3cccc(N4CCN(CC(F)(F)F)CC4)n3c2CO)N1C.Cc1cccnc1[C@@H]1CCC[C@H](c2nc3ccccn3c2CC2CCN(CC(F)(F)F)CC2)N1C. The Labute approximate surface area is 796 Å². The van der Waals surface area contributed by atoms with E-state index in [-0.39, 0.29) is 60.9 Å². The smallest absolute Gasteiger partial charge is 0.390 e. The number of piperazine rings is 3. The molecule has 8 aliphatic rings. The highest BCUT2D eigenvalue weighted by Gasteiger charge is 2.43. The molecule has 1 N–H and O–H groups in total. The number of piperidine rings is 5. The van der Waals surface area contributed by atoms with Gasteiger partial charge < -0.3 is 29.1 Å². The van der Waals surface area contributed by atoms with Crippen molar-refractivity contribution < 1.29 is 49.0 Å². The summed E-state index contributed by atoms with van der Waals surface area (Å²) in [5.74, 6) is 2.89. The summed E-state index contributed by atoms with van der Waals surface area (Å²) in [4.78, 5) is 61.6. The largest absolute Gasteiger partial charge is 0.401 e. The van der Waals surface area contributed by atoms with E-state index in [9.17, 15) is 44.6 Å². The zero-order chi connectivity index (χ0) is 96.1. The lowest BCUT2D eigenvalue weighted by Gasteiger charge is -2.41. The van der Waals surface area contributed by atoms with Crippen LogP contribution in [0.4, 0.5) is 61.4 Å². The lowest BCUT2D eigenvalue weighted by atomic mass is 9.87. The van der Waals surface area contributed by atoms with Crippen LogP contribution < -0.4 is 14.7 Å². The number of imidazole rings is 4. The Balaban J connectivity index is 0.000000127. The van der Waals surface area contributed by atoms with Crippen molar-refractivity contribution in [3.63, 3.8) is 0 Å². The van der Waals surface area contributed by atoms with Crippen LogP contribution in [0.5, 0.6) is 0 Å². The number of hydrogen-bond donors (Lipinski definition) is 1. The minimum atomic E-state index is -4.19. The van der Waals surface area contributed by atoms with Crippen molar-refractivity contribution in [3.8, 4) is 0 Å². The van der Waals surface area contributed by atoms with Gasteiger partial charge in [-0.1, -0.05) is 55.5 Å². The molecule has 734 valence electrons. The van der Waals surface area contributed by atoms with E-state index in [1.807, 2.05) is 126 Å². The number of aromatic nitrogens is 12. The third-order valence-electron chi connectivity index (χ3n) is 29.9. The fourth-order valence-corrected chi connectivity index (χ4v) is 22.9. The normalized spacial score (nSPS) is 23.0. The molecule has 0 unspecified atom stereocenters. The number of alkyl halides is 9. The van der Waals surface area contributed by atoms with Crippen LogP contribution in [0.25, 0.3) is 22.6 Å². The zero-order valence-corrected chi connectivity index (χ0v) is 80.3. The predicted octanol–water partition coefficient (Wildman–Crippen LogP) is 18.7. The molecule has 12 aromatic heterocycles. The second-order valence-corrected chi connectivity index (χ2v) is 38.8. The van der Waals surface area contributed by atoms with Gasteiger partial charge in [0.15, 0.2) is 0 Å². The van der Waals surface area contributed by atoms with Crippen LogP contribution in [0, 0.1) is 39.6 Å². The first-order valence-corrected chi connectivity index (χ1v) is 49.0. The molecule has 12 aromatic rings. The monoisotopic (exact) mass is 1900 g/mol. The molecule has 0 amide bonds. The molecule has 0 radical (unpaired) electrons. The topological polar surface area (TPSA) is 177 Å². The molecule has 8 fully saturated rings. The van der Waals surface area contributed by atoms with E-state index in [1.54, 1.807) is 9.30 Å². The summed E-state index contributed by atoms with van der Waals surface area (Å²) < 4.78 is 139. The number of anilines is 3. The first-order valence-electron chi connectivity index (χ1n) is 49.0. The minimum absolute atomic E-state index is 0.0312. The number of hydrogen-bond acceptors (Lipinski definition) is 20. The van der Waals surface area contributed by atoms with Crippen LogP contribution in [0.2, 0.25) is 0 Å². The lowest BCUT2D eigenvalue weighted by Crippen LogP contribution is -2.49. The second kappa shape index (κ2) is 42.8. The van der Waals surface area contributed by atoms with Crippen molar-refractivity contribution in [1.82, 2.24) is 96.7 Å². The molecule has 0 saturated carbocycles. The summed E-state index contributed by atoms with van der Waals surface area (Å²) in [6.07, 6.45) is 14.0. The van der Waals surface area contributed by atoms with E-state index in [0.717, 1.165) is 209 Å². The van der Waals surface area contributed by atoms with Gasteiger partial charge in [-0.25, -0.2) is 19.9 Å². The van der Waals surface area contributed by atoms with E-state index in [4.69, 9.17) is 29.9 Å². The van der Waals surface area contributed by atoms with Gasteiger partial charge in [-0.05, 0) is 273 Å². The molecule has 8 atom stereocenters. The Morgan fingerprint density at radius 2 is 0.715 bits per heavy atom. The van der Waals surface area contributed by atoms with Crippen LogP contribution in [-0.4, -0.2) is 266 Å². The third-order valence-corrected chi connectivity index (χ3v) is 29.9. The van der Waals surface area contributed by atoms with E-state index >= 15 is 4.39 Å². The number of rotatable bonds is 18. The maximum absolute atomic E-state index is 15.9. The van der Waals surface area contributed by atoms with Crippen molar-refractivity contribution in [3.05, 3.63) is 244 Å². The highest BCUT2D eigenvalue weighted by atomic mass is 19.4. The molecule has 8 saturated heterocycles. The van der Waals surface area contributed by atoms with Gasteiger partial charge in [0.1, 0.15) is 45.7 Å². The third kappa shape index (κ3) is 22.3. The summed E-state index contributed by atoms with van der Waals surface area (Å²) in [5.41, 5.74) is 18.1. The molecule has 0 aromatic carbocycles. The quantitative estimate of drug-likeness (QED) is 0.0802. The van der Waals surface area contributed by atoms with Crippen molar-refractivity contribution in [2.24, 2.45) is 5.92 Å². The van der Waals surface area contributed by atoms with E-state index < -0.39 is 38.2 Å². The van der Waals surface area contributed by atoms with Crippen molar-refractivity contribution in [1.29, 1.82) is 0 Å². The first kappa shape index (κ1) is 98.3.